The summed E-state index contributed by atoms with van der Waals surface area (Å²) in [4.78, 5) is 21.6. The zero-order chi connectivity index (χ0) is 15.1. The summed E-state index contributed by atoms with van der Waals surface area (Å²) in [7, 11) is 2.85. The van der Waals surface area contributed by atoms with E-state index in [1.807, 2.05) is 0 Å². The van der Waals surface area contributed by atoms with Gasteiger partial charge in [0.2, 0.25) is 5.91 Å². The molecule has 0 radical (unpaired) electrons. The highest BCUT2D eigenvalue weighted by Gasteiger charge is 2.19. The van der Waals surface area contributed by atoms with Gasteiger partial charge in [0.25, 0.3) is 5.69 Å². The minimum atomic E-state index is -0.498. The van der Waals surface area contributed by atoms with Crippen molar-refractivity contribution in [1.29, 1.82) is 0 Å². The number of methoxy groups -OCH3 is 2. The molecule has 0 spiro atoms. The number of ether oxygens (including phenoxy) is 2. The summed E-state index contributed by atoms with van der Waals surface area (Å²) in [6, 6.07) is 2.84. The Kier molecular flexibility index (Phi) is 8.10. The van der Waals surface area contributed by atoms with Crippen LogP contribution in [0.5, 0.6) is 11.5 Å². The van der Waals surface area contributed by atoms with E-state index < -0.39 is 4.92 Å². The Morgan fingerprint density at radius 1 is 1.33 bits per heavy atom. The molecule has 0 fully saturated rings. The molecule has 1 aromatic carbocycles. The van der Waals surface area contributed by atoms with Crippen LogP contribution in [0.1, 0.15) is 5.56 Å². The maximum Gasteiger partial charge on any atom is 0.276 e. The first kappa shape index (κ1) is 18.9. The van der Waals surface area contributed by atoms with Gasteiger partial charge in [0.1, 0.15) is 0 Å². The van der Waals surface area contributed by atoms with Gasteiger partial charge in [-0.3, -0.25) is 14.9 Å². The third-order valence-corrected chi connectivity index (χ3v) is 2.68. The number of nitrogens with one attached hydrogen (secondary N) is 1. The third-order valence-electron chi connectivity index (χ3n) is 2.68. The lowest BCUT2D eigenvalue weighted by Gasteiger charge is -2.10. The maximum atomic E-state index is 11.0. The van der Waals surface area contributed by atoms with Crippen molar-refractivity contribution in [2.75, 3.05) is 27.3 Å². The van der Waals surface area contributed by atoms with Crippen LogP contribution in [0.25, 0.3) is 0 Å². The molecule has 1 amide bonds. The topological polar surface area (TPSA) is 117 Å². The summed E-state index contributed by atoms with van der Waals surface area (Å²) in [5.41, 5.74) is 5.53. The molecule has 0 saturated carbocycles. The maximum absolute atomic E-state index is 11.0. The Hall–Kier alpha value is -2.06. The number of carbonyl (C=O) groups is 1. The number of benzene rings is 1. The molecule has 8 nitrogen and oxygen atoms in total. The highest BCUT2D eigenvalue weighted by Crippen LogP contribution is 2.34. The minimum Gasteiger partial charge on any atom is -0.493 e. The fourth-order valence-corrected chi connectivity index (χ4v) is 1.69. The average Bonchev–Trinajstić information content (AvgIpc) is 2.45. The molecule has 1 rings (SSSR count). The molecule has 0 unspecified atom stereocenters. The van der Waals surface area contributed by atoms with Crippen molar-refractivity contribution in [2.45, 2.75) is 6.42 Å². The number of halogens is 1. The number of nitro groups is 1. The number of nitrogens with two attached hydrogens (primary N) is 1. The van der Waals surface area contributed by atoms with E-state index in [9.17, 15) is 14.9 Å². The molecule has 0 atom stereocenters. The van der Waals surface area contributed by atoms with Crippen molar-refractivity contribution in [3.05, 3.63) is 27.8 Å². The fourth-order valence-electron chi connectivity index (χ4n) is 1.69. The van der Waals surface area contributed by atoms with E-state index in [0.29, 0.717) is 17.7 Å². The third kappa shape index (κ3) is 5.09. The van der Waals surface area contributed by atoms with E-state index in [0.717, 1.165) is 0 Å². The van der Waals surface area contributed by atoms with Crippen molar-refractivity contribution in [2.24, 2.45) is 5.73 Å². The van der Waals surface area contributed by atoms with Crippen LogP contribution in [0.15, 0.2) is 12.1 Å². The lowest BCUT2D eigenvalue weighted by Crippen LogP contribution is -2.31. The molecular formula is C12H18ClN3O5. The summed E-state index contributed by atoms with van der Waals surface area (Å²) in [5, 5.41) is 13.6. The lowest BCUT2D eigenvalue weighted by atomic mass is 10.1. The Balaban J connectivity index is 0.00000400. The van der Waals surface area contributed by atoms with Crippen LogP contribution in [0.4, 0.5) is 5.69 Å². The van der Waals surface area contributed by atoms with E-state index >= 15 is 0 Å². The van der Waals surface area contributed by atoms with Gasteiger partial charge >= 0.3 is 0 Å². The van der Waals surface area contributed by atoms with Crippen LogP contribution in [-0.4, -0.2) is 38.1 Å². The Bertz CT molecular complexity index is 510. The van der Waals surface area contributed by atoms with Crippen molar-refractivity contribution < 1.29 is 19.2 Å². The zero-order valence-electron chi connectivity index (χ0n) is 11.8. The molecule has 0 bridgehead atoms. The van der Waals surface area contributed by atoms with Gasteiger partial charge in [0.15, 0.2) is 11.5 Å². The van der Waals surface area contributed by atoms with Crippen LogP contribution >= 0.6 is 12.4 Å². The quantitative estimate of drug-likeness (QED) is 0.563. The molecule has 9 heteroatoms. The molecular weight excluding hydrogens is 302 g/mol. The first-order valence-electron chi connectivity index (χ1n) is 5.89. The molecule has 0 heterocycles. The van der Waals surface area contributed by atoms with Gasteiger partial charge in [-0.05, 0) is 12.5 Å². The normalized spacial score (nSPS) is 9.48. The molecule has 0 aliphatic carbocycles. The number of hydrogen-bond acceptors (Lipinski definition) is 6. The van der Waals surface area contributed by atoms with Crippen molar-refractivity contribution in [3.63, 3.8) is 0 Å². The van der Waals surface area contributed by atoms with Gasteiger partial charge in [-0.25, -0.2) is 0 Å². The second-order valence-electron chi connectivity index (χ2n) is 3.90. The molecule has 21 heavy (non-hydrogen) atoms. The first-order valence-corrected chi connectivity index (χ1v) is 5.89. The molecule has 0 aliphatic heterocycles. The summed E-state index contributed by atoms with van der Waals surface area (Å²) in [6.45, 7) is 0.139. The van der Waals surface area contributed by atoms with Crippen LogP contribution in [-0.2, 0) is 11.2 Å². The number of carbonyl (C=O) groups excluding carboxylic acids is 1. The van der Waals surface area contributed by atoms with E-state index in [-0.39, 0.29) is 42.8 Å². The second-order valence-corrected chi connectivity index (χ2v) is 3.90. The molecule has 1 aromatic rings. The Labute approximate surface area is 128 Å². The zero-order valence-corrected chi connectivity index (χ0v) is 12.6. The predicted octanol–water partition coefficient (Wildman–Crippen LogP) is 0.651. The van der Waals surface area contributed by atoms with Crippen LogP contribution in [0.3, 0.4) is 0 Å². The summed E-state index contributed by atoms with van der Waals surface area (Å²) in [5.74, 6) is 0.375. The van der Waals surface area contributed by atoms with E-state index in [1.165, 1.54) is 26.4 Å². The average molecular weight is 320 g/mol. The summed E-state index contributed by atoms with van der Waals surface area (Å²) >= 11 is 0. The lowest BCUT2D eigenvalue weighted by molar-refractivity contribution is -0.385. The van der Waals surface area contributed by atoms with Gasteiger partial charge in [-0.1, -0.05) is 0 Å². The molecule has 0 aliphatic rings. The van der Waals surface area contributed by atoms with Gasteiger partial charge < -0.3 is 20.5 Å². The first-order chi connectivity index (χ1) is 9.53. The molecule has 0 saturated heterocycles. The molecule has 118 valence electrons. The molecule has 3 N–H and O–H groups in total. The summed E-state index contributed by atoms with van der Waals surface area (Å²) < 4.78 is 10.1. The summed E-state index contributed by atoms with van der Waals surface area (Å²) in [6.07, 6.45) is 0.294. The SMILES string of the molecule is COc1cc(CCNC(=O)CN)c([N+](=O)[O-])cc1OC.Cl. The monoisotopic (exact) mass is 319 g/mol. The number of amides is 1. The van der Waals surface area contributed by atoms with Gasteiger partial charge in [0.05, 0.1) is 31.8 Å². The van der Waals surface area contributed by atoms with Crippen molar-refractivity contribution in [1.82, 2.24) is 5.32 Å². The number of nitro benzene ring substituents is 1. The van der Waals surface area contributed by atoms with Crippen molar-refractivity contribution in [3.8, 4) is 11.5 Å². The van der Waals surface area contributed by atoms with Crippen molar-refractivity contribution >= 4 is 24.0 Å². The highest BCUT2D eigenvalue weighted by molar-refractivity contribution is 5.85. The van der Waals surface area contributed by atoms with Gasteiger partial charge in [0, 0.05) is 12.1 Å². The van der Waals surface area contributed by atoms with Crippen LogP contribution in [0.2, 0.25) is 0 Å². The highest BCUT2D eigenvalue weighted by atomic mass is 35.5. The van der Waals surface area contributed by atoms with E-state index in [2.05, 4.69) is 5.32 Å². The number of hydrogen-bond donors (Lipinski definition) is 2. The van der Waals surface area contributed by atoms with Gasteiger partial charge in [-0.15, -0.1) is 12.4 Å². The Morgan fingerprint density at radius 3 is 2.38 bits per heavy atom. The predicted molar refractivity (Wildman–Crippen MR) is 79.2 cm³/mol. The second kappa shape index (κ2) is 8.98. The van der Waals surface area contributed by atoms with Gasteiger partial charge in [-0.2, -0.15) is 0 Å². The smallest absolute Gasteiger partial charge is 0.276 e. The standard InChI is InChI=1S/C12H17N3O5.ClH/c1-19-10-5-8(3-4-14-12(16)7-13)9(15(17)18)6-11(10)20-2;/h5-6H,3-4,7,13H2,1-2H3,(H,14,16);1H. The van der Waals surface area contributed by atoms with E-state index in [1.54, 1.807) is 0 Å². The fraction of sp³-hybridized carbons (Fsp3) is 0.417. The minimum absolute atomic E-state index is 0. The largest absolute Gasteiger partial charge is 0.493 e. The molecule has 0 aromatic heterocycles. The number of nitrogens with zero attached hydrogens (tertiary/aromatic N) is 1. The number of rotatable bonds is 7. The Morgan fingerprint density at radius 2 is 1.90 bits per heavy atom. The van der Waals surface area contributed by atoms with Crippen LogP contribution < -0.4 is 20.5 Å². The van der Waals surface area contributed by atoms with E-state index in [4.69, 9.17) is 15.2 Å². The van der Waals surface area contributed by atoms with Crippen LogP contribution in [0, 0.1) is 10.1 Å².